The summed E-state index contributed by atoms with van der Waals surface area (Å²) in [4.78, 5) is 22.4. The first kappa shape index (κ1) is 21.7. The molecule has 1 saturated heterocycles. The van der Waals surface area contributed by atoms with Crippen LogP contribution in [0.5, 0.6) is 0 Å². The highest BCUT2D eigenvalue weighted by atomic mass is 32.2. The van der Waals surface area contributed by atoms with Gasteiger partial charge in [0.1, 0.15) is 0 Å². The van der Waals surface area contributed by atoms with E-state index >= 15 is 0 Å². The Morgan fingerprint density at radius 1 is 0.818 bits per heavy atom. The van der Waals surface area contributed by atoms with Gasteiger partial charge in [-0.1, -0.05) is 90.5 Å². The normalized spacial score (nSPS) is 18.2. The number of carbonyl (C=O) groups excluding carboxylic acids is 1. The first-order valence-electron chi connectivity index (χ1n) is 11.4. The number of benzene rings is 3. The van der Waals surface area contributed by atoms with Gasteiger partial charge in [0.15, 0.2) is 5.17 Å². The van der Waals surface area contributed by atoms with Crippen LogP contribution in [-0.4, -0.2) is 47.1 Å². The molecule has 5 heteroatoms. The molecule has 1 amide bonds. The van der Waals surface area contributed by atoms with Gasteiger partial charge < -0.3 is 4.90 Å². The fourth-order valence-electron chi connectivity index (χ4n) is 4.40. The lowest BCUT2D eigenvalue weighted by Gasteiger charge is -2.40. The fourth-order valence-corrected chi connectivity index (χ4v) is 5.37. The number of rotatable bonds is 4. The van der Waals surface area contributed by atoms with Gasteiger partial charge in [0.2, 0.25) is 0 Å². The molecule has 0 saturated carbocycles. The van der Waals surface area contributed by atoms with Crippen molar-refractivity contribution >= 4 is 28.9 Å². The molecule has 2 aliphatic rings. The molecule has 3 aromatic rings. The molecule has 0 radical (unpaired) electrons. The highest BCUT2D eigenvalue weighted by Crippen LogP contribution is 2.33. The van der Waals surface area contributed by atoms with Crippen molar-refractivity contribution in [1.82, 2.24) is 9.80 Å². The maximum atomic E-state index is 12.5. The second-order valence-corrected chi connectivity index (χ2v) is 9.48. The standard InChI is InChI=1S/C28H27N3OS/c1-21-12-14-22(15-13-21)20-25-27(32)29-28(33-25)31-18-16-30(17-19-31)26(23-8-4-2-5-9-23)24-10-6-3-7-11-24/h2-15,20,26H,16-19H2,1H3. The molecule has 1 fully saturated rings. The fraction of sp³-hybridized carbons (Fsp3) is 0.214. The van der Waals surface area contributed by atoms with Crippen LogP contribution < -0.4 is 0 Å². The van der Waals surface area contributed by atoms with Crippen molar-refractivity contribution in [2.24, 2.45) is 4.99 Å². The lowest BCUT2D eigenvalue weighted by atomic mass is 9.96. The number of hydrogen-bond donors (Lipinski definition) is 0. The molecule has 2 heterocycles. The van der Waals surface area contributed by atoms with Gasteiger partial charge in [0.05, 0.1) is 10.9 Å². The minimum atomic E-state index is -0.135. The Morgan fingerprint density at radius 2 is 1.39 bits per heavy atom. The average Bonchev–Trinajstić information content (AvgIpc) is 3.22. The summed E-state index contributed by atoms with van der Waals surface area (Å²) in [5.41, 5.74) is 4.86. The maximum absolute atomic E-state index is 12.5. The van der Waals surface area contributed by atoms with Gasteiger partial charge in [0.25, 0.3) is 5.91 Å². The highest BCUT2D eigenvalue weighted by Gasteiger charge is 2.31. The molecule has 5 rings (SSSR count). The van der Waals surface area contributed by atoms with Crippen LogP contribution in [0, 0.1) is 6.92 Å². The van der Waals surface area contributed by atoms with Gasteiger partial charge in [-0.15, -0.1) is 0 Å². The second kappa shape index (κ2) is 9.77. The molecule has 0 unspecified atom stereocenters. The highest BCUT2D eigenvalue weighted by molar-refractivity contribution is 8.18. The van der Waals surface area contributed by atoms with Crippen molar-refractivity contribution in [3.63, 3.8) is 0 Å². The number of nitrogens with zero attached hydrogens (tertiary/aromatic N) is 3. The molecule has 33 heavy (non-hydrogen) atoms. The molecular formula is C28H27N3OS. The maximum Gasteiger partial charge on any atom is 0.286 e. The largest absolute Gasteiger partial charge is 0.348 e. The van der Waals surface area contributed by atoms with Crippen molar-refractivity contribution in [2.75, 3.05) is 26.2 Å². The minimum absolute atomic E-state index is 0.135. The molecule has 3 aromatic carbocycles. The molecule has 0 bridgehead atoms. The smallest absolute Gasteiger partial charge is 0.286 e. The van der Waals surface area contributed by atoms with E-state index in [9.17, 15) is 4.79 Å². The van der Waals surface area contributed by atoms with Crippen LogP contribution in [0.4, 0.5) is 0 Å². The first-order chi connectivity index (χ1) is 16.2. The summed E-state index contributed by atoms with van der Waals surface area (Å²) in [5, 5.41) is 0.828. The van der Waals surface area contributed by atoms with Crippen molar-refractivity contribution in [3.05, 3.63) is 112 Å². The van der Waals surface area contributed by atoms with E-state index in [0.29, 0.717) is 4.91 Å². The van der Waals surface area contributed by atoms with E-state index in [1.54, 1.807) is 0 Å². The lowest BCUT2D eigenvalue weighted by molar-refractivity contribution is -0.113. The van der Waals surface area contributed by atoms with Crippen LogP contribution in [0.2, 0.25) is 0 Å². The van der Waals surface area contributed by atoms with E-state index < -0.39 is 0 Å². The third kappa shape index (κ3) is 4.95. The molecule has 0 spiro atoms. The predicted molar refractivity (Wildman–Crippen MR) is 137 cm³/mol. The molecule has 0 N–H and O–H groups in total. The third-order valence-electron chi connectivity index (χ3n) is 6.16. The minimum Gasteiger partial charge on any atom is -0.348 e. The Labute approximate surface area is 199 Å². The van der Waals surface area contributed by atoms with Crippen LogP contribution in [-0.2, 0) is 4.79 Å². The van der Waals surface area contributed by atoms with Crippen molar-refractivity contribution in [3.8, 4) is 0 Å². The summed E-state index contributed by atoms with van der Waals surface area (Å²) in [6, 6.07) is 29.9. The Kier molecular flexibility index (Phi) is 6.42. The topological polar surface area (TPSA) is 35.9 Å². The van der Waals surface area contributed by atoms with Crippen LogP contribution in [0.25, 0.3) is 6.08 Å². The first-order valence-corrected chi connectivity index (χ1v) is 12.2. The lowest BCUT2D eigenvalue weighted by Crippen LogP contribution is -2.49. The SMILES string of the molecule is Cc1ccc(C=C2SC(N3CCN(C(c4ccccc4)c4ccccc4)CC3)=NC2=O)cc1. The number of carbonyl (C=O) groups is 1. The quantitative estimate of drug-likeness (QED) is 0.498. The van der Waals surface area contributed by atoms with E-state index in [1.165, 1.54) is 28.5 Å². The molecule has 0 aliphatic carbocycles. The zero-order chi connectivity index (χ0) is 22.6. The Bertz CT molecular complexity index is 1130. The number of hydrogen-bond acceptors (Lipinski definition) is 4. The van der Waals surface area contributed by atoms with Crippen molar-refractivity contribution < 1.29 is 4.79 Å². The molecule has 0 aromatic heterocycles. The van der Waals surface area contributed by atoms with Gasteiger partial charge >= 0.3 is 0 Å². The van der Waals surface area contributed by atoms with Crippen LogP contribution >= 0.6 is 11.8 Å². The zero-order valence-corrected chi connectivity index (χ0v) is 19.5. The van der Waals surface area contributed by atoms with Gasteiger partial charge in [0, 0.05) is 26.2 Å². The summed E-state index contributed by atoms with van der Waals surface area (Å²) in [6.45, 7) is 5.60. The molecule has 0 atom stereocenters. The van der Waals surface area contributed by atoms with E-state index in [2.05, 4.69) is 94.5 Å². The van der Waals surface area contributed by atoms with Crippen LogP contribution in [0.3, 0.4) is 0 Å². The van der Waals surface area contributed by atoms with Crippen LogP contribution in [0.1, 0.15) is 28.3 Å². The zero-order valence-electron chi connectivity index (χ0n) is 18.7. The van der Waals surface area contributed by atoms with E-state index in [0.717, 1.165) is 36.9 Å². The van der Waals surface area contributed by atoms with Gasteiger partial charge in [-0.2, -0.15) is 4.99 Å². The summed E-state index contributed by atoms with van der Waals surface area (Å²) < 4.78 is 0. The van der Waals surface area contributed by atoms with Gasteiger partial charge in [-0.05, 0) is 41.5 Å². The number of piperazine rings is 1. The Morgan fingerprint density at radius 3 is 1.97 bits per heavy atom. The Hall–Kier alpha value is -3.15. The Balaban J connectivity index is 1.28. The summed E-state index contributed by atoms with van der Waals surface area (Å²) in [7, 11) is 0. The number of amides is 1. The number of amidine groups is 1. The van der Waals surface area contributed by atoms with Crippen molar-refractivity contribution in [2.45, 2.75) is 13.0 Å². The summed E-state index contributed by atoms with van der Waals surface area (Å²) in [5.74, 6) is -0.135. The van der Waals surface area contributed by atoms with Crippen LogP contribution in [0.15, 0.2) is 94.8 Å². The summed E-state index contributed by atoms with van der Waals surface area (Å²) >= 11 is 1.50. The van der Waals surface area contributed by atoms with E-state index in [4.69, 9.17) is 0 Å². The number of aliphatic imine (C=N–C) groups is 1. The van der Waals surface area contributed by atoms with Gasteiger partial charge in [-0.25, -0.2) is 0 Å². The average molecular weight is 454 g/mol. The van der Waals surface area contributed by atoms with Crippen molar-refractivity contribution in [1.29, 1.82) is 0 Å². The molecule has 4 nitrogen and oxygen atoms in total. The van der Waals surface area contributed by atoms with E-state index in [-0.39, 0.29) is 11.9 Å². The van der Waals surface area contributed by atoms with E-state index in [1.807, 2.05) is 18.2 Å². The molecule has 2 aliphatic heterocycles. The predicted octanol–water partition coefficient (Wildman–Crippen LogP) is 5.37. The molecular weight excluding hydrogens is 426 g/mol. The summed E-state index contributed by atoms with van der Waals surface area (Å²) in [6.07, 6.45) is 1.94. The monoisotopic (exact) mass is 453 g/mol. The second-order valence-electron chi connectivity index (χ2n) is 8.47. The number of thioether (sulfide) groups is 1. The third-order valence-corrected chi connectivity index (χ3v) is 7.21. The number of aryl methyl sites for hydroxylation is 1. The van der Waals surface area contributed by atoms with Gasteiger partial charge in [-0.3, -0.25) is 9.69 Å². The molecule has 166 valence electrons.